The van der Waals surface area contributed by atoms with Gasteiger partial charge in [-0.25, -0.2) is 17.5 Å². The molecule has 1 aliphatic heterocycles. The van der Waals surface area contributed by atoms with E-state index in [4.69, 9.17) is 5.73 Å². The first-order chi connectivity index (χ1) is 14.4. The van der Waals surface area contributed by atoms with Crippen molar-refractivity contribution < 1.29 is 17.6 Å². The molecule has 0 aromatic heterocycles. The number of amides is 1. The second-order valence-electron chi connectivity index (χ2n) is 7.66. The zero-order valence-electron chi connectivity index (χ0n) is 16.8. The minimum absolute atomic E-state index is 0.0935. The molecule has 2 atom stereocenters. The number of nitrogens with zero attached hydrogens (tertiary/aromatic N) is 1. The van der Waals surface area contributed by atoms with Crippen LogP contribution in [-0.2, 0) is 21.2 Å². The van der Waals surface area contributed by atoms with Crippen LogP contribution in [0.5, 0.6) is 0 Å². The number of halogens is 1. The number of nitrogens with two attached hydrogens (primary N) is 1. The molecule has 2 aromatic carbocycles. The number of carbonyl (C=O) groups is 1. The second kappa shape index (κ2) is 10.1. The Morgan fingerprint density at radius 1 is 1.13 bits per heavy atom. The second-order valence-corrected chi connectivity index (χ2v) is 9.43. The number of likely N-dealkylation sites (tertiary alicyclic amines) is 1. The summed E-state index contributed by atoms with van der Waals surface area (Å²) in [5.74, 6) is -0.450. The minimum atomic E-state index is -3.63. The molecule has 3 N–H and O–H groups in total. The molecule has 1 aliphatic rings. The molecule has 0 bridgehead atoms. The number of nitrogens with one attached hydrogen (secondary N) is 1. The van der Waals surface area contributed by atoms with Crippen LogP contribution >= 0.6 is 0 Å². The van der Waals surface area contributed by atoms with Gasteiger partial charge < -0.3 is 10.6 Å². The van der Waals surface area contributed by atoms with Gasteiger partial charge in [0.25, 0.3) is 0 Å². The van der Waals surface area contributed by atoms with Crippen molar-refractivity contribution >= 4 is 15.9 Å². The van der Waals surface area contributed by atoms with E-state index in [-0.39, 0.29) is 42.0 Å². The molecule has 1 heterocycles. The van der Waals surface area contributed by atoms with Crippen molar-refractivity contribution in [2.24, 2.45) is 5.73 Å². The summed E-state index contributed by atoms with van der Waals surface area (Å²) in [6, 6.07) is 13.8. The van der Waals surface area contributed by atoms with Crippen LogP contribution in [0.4, 0.5) is 4.39 Å². The zero-order chi connectivity index (χ0) is 21.6. The van der Waals surface area contributed by atoms with Crippen molar-refractivity contribution in [1.29, 1.82) is 0 Å². The average molecular weight is 434 g/mol. The Kier molecular flexibility index (Phi) is 7.58. The summed E-state index contributed by atoms with van der Waals surface area (Å²) in [6.45, 7) is 0.731. The lowest BCUT2D eigenvalue weighted by atomic mass is 9.99. The van der Waals surface area contributed by atoms with Crippen LogP contribution in [0.15, 0.2) is 59.5 Å². The molecule has 0 radical (unpaired) electrons. The molecule has 0 saturated carbocycles. The van der Waals surface area contributed by atoms with E-state index in [1.54, 1.807) is 41.3 Å². The van der Waals surface area contributed by atoms with Crippen molar-refractivity contribution in [3.05, 3.63) is 66.0 Å². The van der Waals surface area contributed by atoms with Gasteiger partial charge in [0.05, 0.1) is 4.90 Å². The molecule has 30 heavy (non-hydrogen) atoms. The fourth-order valence-corrected chi connectivity index (χ4v) is 4.88. The van der Waals surface area contributed by atoms with E-state index in [2.05, 4.69) is 4.72 Å². The first kappa shape index (κ1) is 22.4. The molecule has 3 rings (SSSR count). The van der Waals surface area contributed by atoms with E-state index in [0.29, 0.717) is 12.1 Å². The highest BCUT2D eigenvalue weighted by molar-refractivity contribution is 7.89. The molecule has 2 aromatic rings. The van der Waals surface area contributed by atoms with Crippen LogP contribution in [-0.4, -0.2) is 44.4 Å². The third kappa shape index (κ3) is 5.87. The molecule has 0 aliphatic carbocycles. The lowest BCUT2D eigenvalue weighted by Gasteiger charge is -2.36. The topological polar surface area (TPSA) is 92.5 Å². The van der Waals surface area contributed by atoms with Gasteiger partial charge in [0.15, 0.2) is 0 Å². The summed E-state index contributed by atoms with van der Waals surface area (Å²) in [4.78, 5) is 14.8. The first-order valence-corrected chi connectivity index (χ1v) is 11.7. The van der Waals surface area contributed by atoms with Crippen molar-refractivity contribution in [1.82, 2.24) is 9.62 Å². The highest BCUT2D eigenvalue weighted by atomic mass is 32.2. The molecule has 0 spiro atoms. The number of benzene rings is 2. The van der Waals surface area contributed by atoms with Gasteiger partial charge >= 0.3 is 0 Å². The van der Waals surface area contributed by atoms with Crippen LogP contribution in [0.25, 0.3) is 0 Å². The molecular weight excluding hydrogens is 405 g/mol. The number of carbonyl (C=O) groups excluding carboxylic acids is 1. The van der Waals surface area contributed by atoms with E-state index in [9.17, 15) is 17.6 Å². The van der Waals surface area contributed by atoms with Crippen LogP contribution in [0.2, 0.25) is 0 Å². The van der Waals surface area contributed by atoms with Crippen LogP contribution in [0.1, 0.15) is 31.2 Å². The van der Waals surface area contributed by atoms with E-state index in [1.165, 1.54) is 18.2 Å². The lowest BCUT2D eigenvalue weighted by molar-refractivity contribution is -0.135. The molecule has 1 saturated heterocycles. The maximum absolute atomic E-state index is 13.8. The highest BCUT2D eigenvalue weighted by Gasteiger charge is 2.29. The summed E-state index contributed by atoms with van der Waals surface area (Å²) < 4.78 is 41.5. The summed E-state index contributed by atoms with van der Waals surface area (Å²) >= 11 is 0. The Balaban J connectivity index is 1.59. The largest absolute Gasteiger partial charge is 0.338 e. The van der Waals surface area contributed by atoms with Gasteiger partial charge in [-0.15, -0.1) is 0 Å². The average Bonchev–Trinajstić information content (AvgIpc) is 2.75. The van der Waals surface area contributed by atoms with Gasteiger partial charge in [-0.05, 0) is 49.4 Å². The number of hydrogen-bond acceptors (Lipinski definition) is 4. The van der Waals surface area contributed by atoms with Crippen molar-refractivity contribution in [2.45, 2.75) is 49.1 Å². The Bertz CT molecular complexity index is 953. The Hall–Kier alpha value is -2.29. The molecule has 1 amide bonds. The standard InChI is InChI=1S/C22H28FN3O3S/c23-21-12-5-4-8-17(21)14-18(24)15-22(27)26-13-7-6-9-19(26)16-25-30(28,29)20-10-2-1-3-11-20/h1-5,8,10-12,18-19,25H,6-7,9,13-16,24H2/t18-,19+/m1/s1. The maximum atomic E-state index is 13.8. The van der Waals surface area contributed by atoms with E-state index in [0.717, 1.165) is 19.3 Å². The van der Waals surface area contributed by atoms with Gasteiger partial charge in [0, 0.05) is 31.6 Å². The SMILES string of the molecule is N[C@@H](CC(=O)N1CCCC[C@H]1CNS(=O)(=O)c1ccccc1)Cc1ccccc1F. The molecule has 6 nitrogen and oxygen atoms in total. The van der Waals surface area contributed by atoms with Gasteiger partial charge in [-0.2, -0.15) is 0 Å². The monoisotopic (exact) mass is 433 g/mol. The normalized spacial score (nSPS) is 18.2. The maximum Gasteiger partial charge on any atom is 0.240 e. The third-order valence-electron chi connectivity index (χ3n) is 5.39. The molecule has 0 unspecified atom stereocenters. The molecule has 162 valence electrons. The lowest BCUT2D eigenvalue weighted by Crippen LogP contribution is -2.50. The smallest absolute Gasteiger partial charge is 0.240 e. The summed E-state index contributed by atoms with van der Waals surface area (Å²) in [7, 11) is -3.63. The minimum Gasteiger partial charge on any atom is -0.338 e. The molecule has 1 fully saturated rings. The molecular formula is C22H28FN3O3S. The Labute approximate surface area is 177 Å². The number of hydrogen-bond donors (Lipinski definition) is 2. The third-order valence-corrected chi connectivity index (χ3v) is 6.83. The van der Waals surface area contributed by atoms with Crippen molar-refractivity contribution in [3.8, 4) is 0 Å². The number of sulfonamides is 1. The van der Waals surface area contributed by atoms with Gasteiger partial charge in [-0.3, -0.25) is 4.79 Å². The van der Waals surface area contributed by atoms with E-state index in [1.807, 2.05) is 0 Å². The summed E-state index contributed by atoms with van der Waals surface area (Å²) in [5.41, 5.74) is 6.61. The van der Waals surface area contributed by atoms with E-state index < -0.39 is 16.1 Å². The fourth-order valence-electron chi connectivity index (χ4n) is 3.79. The molecule has 8 heteroatoms. The van der Waals surface area contributed by atoms with Crippen molar-refractivity contribution in [3.63, 3.8) is 0 Å². The van der Waals surface area contributed by atoms with Gasteiger partial charge in [0.1, 0.15) is 5.82 Å². The van der Waals surface area contributed by atoms with Gasteiger partial charge in [-0.1, -0.05) is 36.4 Å². The van der Waals surface area contributed by atoms with Crippen molar-refractivity contribution in [2.75, 3.05) is 13.1 Å². The highest BCUT2D eigenvalue weighted by Crippen LogP contribution is 2.19. The van der Waals surface area contributed by atoms with Gasteiger partial charge in [0.2, 0.25) is 15.9 Å². The summed E-state index contributed by atoms with van der Waals surface area (Å²) in [5, 5.41) is 0. The van der Waals surface area contributed by atoms with Crippen LogP contribution in [0, 0.1) is 5.82 Å². The Morgan fingerprint density at radius 2 is 1.83 bits per heavy atom. The zero-order valence-corrected chi connectivity index (χ0v) is 17.7. The van der Waals surface area contributed by atoms with E-state index >= 15 is 0 Å². The predicted molar refractivity (Wildman–Crippen MR) is 114 cm³/mol. The number of piperidine rings is 1. The predicted octanol–water partition coefficient (Wildman–Crippen LogP) is 2.45. The fraction of sp³-hybridized carbons (Fsp3) is 0.409. The summed E-state index contributed by atoms with van der Waals surface area (Å²) in [6.07, 6.45) is 2.90. The van der Waals surface area contributed by atoms with Crippen LogP contribution in [0.3, 0.4) is 0 Å². The van der Waals surface area contributed by atoms with Crippen LogP contribution < -0.4 is 10.5 Å². The Morgan fingerprint density at radius 3 is 2.57 bits per heavy atom. The quantitative estimate of drug-likeness (QED) is 0.669. The first-order valence-electron chi connectivity index (χ1n) is 10.2. The number of rotatable bonds is 8.